The average Bonchev–Trinajstić information content (AvgIpc) is 3.18. The van der Waals surface area contributed by atoms with Gasteiger partial charge in [0.25, 0.3) is 0 Å². The van der Waals surface area contributed by atoms with Crippen molar-refractivity contribution in [1.82, 2.24) is 0 Å². The Balaban J connectivity index is 1.68. The van der Waals surface area contributed by atoms with Gasteiger partial charge in [-0.15, -0.1) is 0 Å². The highest BCUT2D eigenvalue weighted by atomic mass is 16.6. The minimum absolute atomic E-state index is 0.0322. The first-order valence-electron chi connectivity index (χ1n) is 6.83. The van der Waals surface area contributed by atoms with Gasteiger partial charge in [-0.2, -0.15) is 0 Å². The van der Waals surface area contributed by atoms with E-state index in [1.807, 2.05) is 30.3 Å². The Morgan fingerprint density at radius 3 is 2.80 bits per heavy atom. The highest BCUT2D eigenvalue weighted by Gasteiger charge is 2.37. The summed E-state index contributed by atoms with van der Waals surface area (Å²) in [6.45, 7) is 5.03. The van der Waals surface area contributed by atoms with E-state index in [9.17, 15) is 4.79 Å². The molecule has 0 spiro atoms. The number of rotatable bonds is 7. The third-order valence-electron chi connectivity index (χ3n) is 3.03. The van der Waals surface area contributed by atoms with Crippen molar-refractivity contribution in [1.29, 1.82) is 0 Å². The summed E-state index contributed by atoms with van der Waals surface area (Å²) in [5.41, 5.74) is 1.73. The summed E-state index contributed by atoms with van der Waals surface area (Å²) in [7, 11) is 0. The van der Waals surface area contributed by atoms with Crippen molar-refractivity contribution in [3.63, 3.8) is 0 Å². The molecule has 0 bridgehead atoms. The second-order valence-corrected chi connectivity index (χ2v) is 4.71. The van der Waals surface area contributed by atoms with Crippen LogP contribution in [0.2, 0.25) is 0 Å². The van der Waals surface area contributed by atoms with Gasteiger partial charge in [0.15, 0.2) is 0 Å². The Bertz CT molecular complexity index is 467. The first-order chi connectivity index (χ1) is 9.70. The lowest BCUT2D eigenvalue weighted by Gasteiger charge is -2.02. The van der Waals surface area contributed by atoms with Gasteiger partial charge in [0.05, 0.1) is 19.8 Å². The highest BCUT2D eigenvalue weighted by molar-refractivity contribution is 5.87. The summed E-state index contributed by atoms with van der Waals surface area (Å²) in [4.78, 5) is 11.4. The molecule has 1 heterocycles. The Morgan fingerprint density at radius 2 is 2.10 bits per heavy atom. The van der Waals surface area contributed by atoms with Gasteiger partial charge in [0.2, 0.25) is 0 Å². The molecule has 0 radical (unpaired) electrons. The molecule has 1 fully saturated rings. The molecule has 1 aliphatic heterocycles. The minimum atomic E-state index is -0.285. The van der Waals surface area contributed by atoms with Gasteiger partial charge >= 0.3 is 5.97 Å². The predicted molar refractivity (Wildman–Crippen MR) is 75.1 cm³/mol. The Kier molecular flexibility index (Phi) is 5.32. The fraction of sp³-hybridized carbons (Fsp3) is 0.438. The molecule has 1 saturated heterocycles. The monoisotopic (exact) mass is 276 g/mol. The molecule has 20 heavy (non-hydrogen) atoms. The molecule has 0 saturated carbocycles. The molecule has 4 heteroatoms. The van der Waals surface area contributed by atoms with E-state index in [1.54, 1.807) is 19.9 Å². The van der Waals surface area contributed by atoms with Crippen molar-refractivity contribution in [2.24, 2.45) is 0 Å². The standard InChI is InChI=1S/C16H20O4/c1-3-19-16(17)12(2)9-14-15(20-14)11-18-10-13-7-5-4-6-8-13/h4-9,14-15H,3,10-11H2,1-2H3/b12-9+. The van der Waals surface area contributed by atoms with Gasteiger partial charge in [-0.1, -0.05) is 30.3 Å². The van der Waals surface area contributed by atoms with E-state index >= 15 is 0 Å². The number of epoxide rings is 1. The van der Waals surface area contributed by atoms with Gasteiger partial charge in [0.1, 0.15) is 12.2 Å². The number of carbonyl (C=O) groups excluding carboxylic acids is 1. The zero-order chi connectivity index (χ0) is 14.4. The molecule has 0 N–H and O–H groups in total. The normalized spacial score (nSPS) is 21.6. The molecule has 2 atom stereocenters. The van der Waals surface area contributed by atoms with Crippen LogP contribution >= 0.6 is 0 Å². The summed E-state index contributed by atoms with van der Waals surface area (Å²) in [5.74, 6) is -0.285. The third kappa shape index (κ3) is 4.47. The van der Waals surface area contributed by atoms with E-state index in [-0.39, 0.29) is 18.2 Å². The van der Waals surface area contributed by atoms with Crippen LogP contribution in [-0.2, 0) is 25.6 Å². The van der Waals surface area contributed by atoms with Crippen molar-refractivity contribution < 1.29 is 19.0 Å². The fourth-order valence-corrected chi connectivity index (χ4v) is 1.86. The number of ether oxygens (including phenoxy) is 3. The number of esters is 1. The van der Waals surface area contributed by atoms with E-state index in [0.717, 1.165) is 5.56 Å². The number of benzene rings is 1. The zero-order valence-electron chi connectivity index (χ0n) is 11.9. The van der Waals surface area contributed by atoms with Crippen LogP contribution in [0.25, 0.3) is 0 Å². The molecule has 1 aromatic carbocycles. The van der Waals surface area contributed by atoms with Crippen LogP contribution in [0.1, 0.15) is 19.4 Å². The third-order valence-corrected chi connectivity index (χ3v) is 3.03. The topological polar surface area (TPSA) is 48.1 Å². The number of hydrogen-bond acceptors (Lipinski definition) is 4. The smallest absolute Gasteiger partial charge is 0.333 e. The molecule has 2 rings (SSSR count). The quantitative estimate of drug-likeness (QED) is 0.436. The summed E-state index contributed by atoms with van der Waals surface area (Å²) in [6.07, 6.45) is 1.81. The lowest BCUT2D eigenvalue weighted by molar-refractivity contribution is -0.138. The van der Waals surface area contributed by atoms with Gasteiger partial charge < -0.3 is 14.2 Å². The van der Waals surface area contributed by atoms with Crippen LogP contribution < -0.4 is 0 Å². The van der Waals surface area contributed by atoms with Crippen LogP contribution in [0, 0.1) is 0 Å². The van der Waals surface area contributed by atoms with Crippen molar-refractivity contribution in [2.75, 3.05) is 13.2 Å². The Labute approximate surface area is 119 Å². The van der Waals surface area contributed by atoms with Crippen LogP contribution in [0.4, 0.5) is 0 Å². The van der Waals surface area contributed by atoms with Crippen LogP contribution in [0.15, 0.2) is 42.0 Å². The molecule has 1 aromatic rings. The van der Waals surface area contributed by atoms with E-state index < -0.39 is 0 Å². The first-order valence-corrected chi connectivity index (χ1v) is 6.83. The van der Waals surface area contributed by atoms with E-state index in [4.69, 9.17) is 14.2 Å². The van der Waals surface area contributed by atoms with Crippen molar-refractivity contribution in [2.45, 2.75) is 32.7 Å². The van der Waals surface area contributed by atoms with Crippen molar-refractivity contribution in [3.8, 4) is 0 Å². The molecule has 0 aromatic heterocycles. The van der Waals surface area contributed by atoms with Gasteiger partial charge in [0, 0.05) is 5.57 Å². The summed E-state index contributed by atoms with van der Waals surface area (Å²) >= 11 is 0. The first kappa shape index (κ1) is 14.8. The molecule has 1 aliphatic rings. The van der Waals surface area contributed by atoms with E-state index in [0.29, 0.717) is 25.4 Å². The summed E-state index contributed by atoms with van der Waals surface area (Å²) in [5, 5.41) is 0. The van der Waals surface area contributed by atoms with Crippen molar-refractivity contribution >= 4 is 5.97 Å². The maximum absolute atomic E-state index is 11.4. The second kappa shape index (κ2) is 7.22. The minimum Gasteiger partial charge on any atom is -0.463 e. The molecule has 108 valence electrons. The maximum atomic E-state index is 11.4. The van der Waals surface area contributed by atoms with Gasteiger partial charge in [-0.25, -0.2) is 4.79 Å². The lowest BCUT2D eigenvalue weighted by Crippen LogP contribution is -2.08. The van der Waals surface area contributed by atoms with Crippen molar-refractivity contribution in [3.05, 3.63) is 47.5 Å². The molecular weight excluding hydrogens is 256 g/mol. The largest absolute Gasteiger partial charge is 0.463 e. The van der Waals surface area contributed by atoms with Gasteiger partial charge in [-0.05, 0) is 25.5 Å². The van der Waals surface area contributed by atoms with Crippen LogP contribution in [0.5, 0.6) is 0 Å². The molecule has 0 aliphatic carbocycles. The second-order valence-electron chi connectivity index (χ2n) is 4.71. The summed E-state index contributed by atoms with van der Waals surface area (Å²) < 4.78 is 16.0. The Morgan fingerprint density at radius 1 is 1.35 bits per heavy atom. The average molecular weight is 276 g/mol. The number of carbonyl (C=O) groups is 1. The summed E-state index contributed by atoms with van der Waals surface area (Å²) in [6, 6.07) is 10.00. The lowest BCUT2D eigenvalue weighted by atomic mass is 10.2. The van der Waals surface area contributed by atoms with Crippen LogP contribution in [0.3, 0.4) is 0 Å². The fourth-order valence-electron chi connectivity index (χ4n) is 1.86. The predicted octanol–water partition coefficient (Wildman–Crippen LogP) is 2.48. The molecule has 0 amide bonds. The van der Waals surface area contributed by atoms with Crippen LogP contribution in [-0.4, -0.2) is 31.4 Å². The molecular formula is C16H20O4. The Hall–Kier alpha value is -1.65. The SMILES string of the molecule is CCOC(=O)/C(C)=C/C1OC1COCc1ccccc1. The van der Waals surface area contributed by atoms with Gasteiger partial charge in [-0.3, -0.25) is 0 Å². The van der Waals surface area contributed by atoms with E-state index in [1.165, 1.54) is 0 Å². The van der Waals surface area contributed by atoms with E-state index in [2.05, 4.69) is 0 Å². The number of hydrogen-bond donors (Lipinski definition) is 0. The maximum Gasteiger partial charge on any atom is 0.333 e. The highest BCUT2D eigenvalue weighted by Crippen LogP contribution is 2.25. The molecule has 4 nitrogen and oxygen atoms in total. The molecule has 2 unspecified atom stereocenters. The zero-order valence-corrected chi connectivity index (χ0v) is 11.9.